The molecule has 0 aliphatic heterocycles. The van der Waals surface area contributed by atoms with E-state index in [0.29, 0.717) is 17.9 Å². The van der Waals surface area contributed by atoms with Gasteiger partial charge in [-0.3, -0.25) is 0 Å². The Bertz CT molecular complexity index is 536. The minimum atomic E-state index is -4.81. The molecule has 0 bridgehead atoms. The number of benzene rings is 1. The average molecular weight is 409 g/mol. The molecule has 3 atom stereocenters. The molecular formula is C13H16Cl2KO6P. The second kappa shape index (κ2) is 11.5. The number of carbonyl (C=O) groups is 1. The van der Waals surface area contributed by atoms with Gasteiger partial charge >= 0.3 is 57.4 Å². The molecule has 0 aliphatic carbocycles. The Labute approximate surface area is 187 Å². The van der Waals surface area contributed by atoms with Crippen LogP contribution in [-0.4, -0.2) is 22.3 Å². The summed E-state index contributed by atoms with van der Waals surface area (Å²) in [6.45, 7) is 1.83. The first kappa shape index (κ1) is 23.9. The molecule has 1 aromatic rings. The van der Waals surface area contributed by atoms with Crippen LogP contribution in [-0.2, 0) is 14.1 Å². The molecule has 1 rings (SSSR count). The second-order valence-electron chi connectivity index (χ2n) is 4.49. The Balaban J connectivity index is 0.00000484. The third kappa shape index (κ3) is 9.21. The van der Waals surface area contributed by atoms with Gasteiger partial charge in [0.15, 0.2) is 13.4 Å². The van der Waals surface area contributed by atoms with Crippen molar-refractivity contribution in [2.75, 3.05) is 0 Å². The monoisotopic (exact) mass is 408 g/mol. The maximum atomic E-state index is 11.8. The zero-order valence-electron chi connectivity index (χ0n) is 12.8. The second-order valence-corrected chi connectivity index (χ2v) is 7.02. The van der Waals surface area contributed by atoms with Gasteiger partial charge in [-0.25, -0.2) is 4.79 Å². The fraction of sp³-hybridized carbons (Fsp3) is 0.462. The Morgan fingerprint density at radius 2 is 1.96 bits per heavy atom. The fourth-order valence-corrected chi connectivity index (χ4v) is 2.56. The van der Waals surface area contributed by atoms with Gasteiger partial charge in [0.25, 0.3) is 5.56 Å². The van der Waals surface area contributed by atoms with Crippen LogP contribution in [0, 0.1) is 0 Å². The first-order chi connectivity index (χ1) is 10.2. The predicted molar refractivity (Wildman–Crippen MR) is 81.0 cm³/mol. The van der Waals surface area contributed by atoms with E-state index in [4.69, 9.17) is 37.6 Å². The van der Waals surface area contributed by atoms with Crippen LogP contribution >= 0.6 is 30.8 Å². The summed E-state index contributed by atoms with van der Waals surface area (Å²) in [6, 6.07) is 6.05. The number of alkyl halides is 1. The molecule has 1 aromatic carbocycles. The molecule has 1 N–H and O–H groups in total. The third-order valence-corrected chi connectivity index (χ3v) is 4.27. The number of unbranched alkanes of at least 4 members (excludes halogenated alkanes) is 1. The van der Waals surface area contributed by atoms with Crippen molar-refractivity contribution in [3.63, 3.8) is 0 Å². The van der Waals surface area contributed by atoms with Gasteiger partial charge in [-0.05, 0) is 37.1 Å². The molecule has 3 unspecified atom stereocenters. The van der Waals surface area contributed by atoms with E-state index in [2.05, 4.69) is 0 Å². The Hall–Kier alpha value is 0.856. The molecule has 6 nitrogen and oxygen atoms in total. The molecule has 10 heteroatoms. The van der Waals surface area contributed by atoms with E-state index in [1.807, 2.05) is 6.92 Å². The summed E-state index contributed by atoms with van der Waals surface area (Å²) >= 11 is 11.4. The molecule has 0 saturated heterocycles. The molecular weight excluding hydrogens is 393 g/mol. The number of hydrogen-bond acceptors (Lipinski definition) is 5. The number of hydrogen-bond donors (Lipinski definition) is 1. The zero-order chi connectivity index (χ0) is 16.8. The van der Waals surface area contributed by atoms with Gasteiger partial charge < -0.3 is 23.8 Å². The minimum absolute atomic E-state index is 0. The molecule has 0 spiro atoms. The van der Waals surface area contributed by atoms with Crippen LogP contribution in [0.1, 0.15) is 26.2 Å². The fourth-order valence-electron chi connectivity index (χ4n) is 1.54. The van der Waals surface area contributed by atoms with Gasteiger partial charge in [-0.2, -0.15) is 0 Å². The number of esters is 1. The predicted octanol–water partition coefficient (Wildman–Crippen LogP) is -0.107. The van der Waals surface area contributed by atoms with Crippen molar-refractivity contribution >= 4 is 36.8 Å². The van der Waals surface area contributed by atoms with Crippen LogP contribution in [0.2, 0.25) is 5.02 Å². The number of carbonyl (C=O) groups excluding carboxylic acids is 1. The molecule has 124 valence electrons. The van der Waals surface area contributed by atoms with Gasteiger partial charge in [0.05, 0.1) is 0 Å². The first-order valence-electron chi connectivity index (χ1n) is 6.54. The van der Waals surface area contributed by atoms with E-state index in [9.17, 15) is 14.3 Å². The summed E-state index contributed by atoms with van der Waals surface area (Å²) in [5.41, 5.74) is -1.54. The summed E-state index contributed by atoms with van der Waals surface area (Å²) in [5, 5.41) is 0.480. The summed E-state index contributed by atoms with van der Waals surface area (Å²) in [6.07, 6.45) is 1.14. The smallest absolute Gasteiger partial charge is 0.776 e. The van der Waals surface area contributed by atoms with Crippen molar-refractivity contribution in [2.24, 2.45) is 0 Å². The Morgan fingerprint density at radius 1 is 1.39 bits per heavy atom. The van der Waals surface area contributed by atoms with E-state index < -0.39 is 25.0 Å². The number of halogens is 2. The van der Waals surface area contributed by atoms with Gasteiger partial charge in [0.2, 0.25) is 0 Å². The maximum Gasteiger partial charge on any atom is 1.00 e. The Kier molecular flexibility index (Phi) is 11.9. The van der Waals surface area contributed by atoms with E-state index in [1.165, 1.54) is 24.3 Å². The van der Waals surface area contributed by atoms with Crippen molar-refractivity contribution in [3.05, 3.63) is 29.3 Å². The largest absolute Gasteiger partial charge is 1.00 e. The maximum absolute atomic E-state index is 11.8. The number of ether oxygens (including phenoxy) is 2. The molecule has 0 fully saturated rings. The van der Waals surface area contributed by atoms with E-state index >= 15 is 0 Å². The van der Waals surface area contributed by atoms with Crippen molar-refractivity contribution in [2.45, 2.75) is 37.6 Å². The van der Waals surface area contributed by atoms with Crippen molar-refractivity contribution < 1.29 is 80.0 Å². The molecule has 0 aromatic heterocycles. The van der Waals surface area contributed by atoms with Crippen LogP contribution in [0.25, 0.3) is 0 Å². The van der Waals surface area contributed by atoms with E-state index in [0.717, 1.165) is 0 Å². The van der Waals surface area contributed by atoms with Crippen LogP contribution < -0.4 is 61.0 Å². The third-order valence-electron chi connectivity index (χ3n) is 2.66. The molecule has 0 aliphatic rings. The summed E-state index contributed by atoms with van der Waals surface area (Å²) < 4.78 is 21.0. The molecule has 0 heterocycles. The standard InChI is InChI=1S/C13H17Cl2O6P.K/c1-2-3-4-11(22(17,18)19)21-13(16)12(15)20-10-7-5-9(14)6-8-10;/h5-8,11-12H,2-4H2,1H3,(H2,17,18,19);/q;+1/p-1. The van der Waals surface area contributed by atoms with Crippen molar-refractivity contribution in [1.29, 1.82) is 0 Å². The van der Waals surface area contributed by atoms with Crippen LogP contribution in [0.15, 0.2) is 24.3 Å². The van der Waals surface area contributed by atoms with Gasteiger partial charge in [-0.15, -0.1) is 0 Å². The van der Waals surface area contributed by atoms with E-state index in [-0.39, 0.29) is 63.6 Å². The van der Waals surface area contributed by atoms with Crippen LogP contribution in [0.5, 0.6) is 5.75 Å². The molecule has 0 amide bonds. The zero-order valence-corrected chi connectivity index (χ0v) is 18.3. The van der Waals surface area contributed by atoms with Crippen LogP contribution in [0.3, 0.4) is 0 Å². The first-order valence-corrected chi connectivity index (χ1v) is 9.00. The van der Waals surface area contributed by atoms with Crippen LogP contribution in [0.4, 0.5) is 0 Å². The van der Waals surface area contributed by atoms with Gasteiger partial charge in [0.1, 0.15) is 5.75 Å². The van der Waals surface area contributed by atoms with Gasteiger partial charge in [0, 0.05) is 5.02 Å². The van der Waals surface area contributed by atoms with Crippen molar-refractivity contribution in [3.8, 4) is 5.75 Å². The Morgan fingerprint density at radius 3 is 2.43 bits per heavy atom. The van der Waals surface area contributed by atoms with Gasteiger partial charge in [-0.1, -0.05) is 36.5 Å². The SMILES string of the molecule is CCCCC(OC(=O)C(Cl)Oc1ccc(Cl)cc1)P(=O)([O-])O.[K+]. The topological polar surface area (TPSA) is 95.9 Å². The van der Waals surface area contributed by atoms with Crippen molar-refractivity contribution in [1.82, 2.24) is 0 Å². The summed E-state index contributed by atoms with van der Waals surface area (Å²) in [5.74, 6) is -2.46. The average Bonchev–Trinajstić information content (AvgIpc) is 2.44. The van der Waals surface area contributed by atoms with E-state index in [1.54, 1.807) is 0 Å². The number of rotatable bonds is 8. The molecule has 0 saturated carbocycles. The molecule has 0 radical (unpaired) electrons. The summed E-state index contributed by atoms with van der Waals surface area (Å²) in [7, 11) is -4.81. The normalized spacial score (nSPS) is 15.7. The minimum Gasteiger partial charge on any atom is -0.776 e. The molecule has 23 heavy (non-hydrogen) atoms. The quantitative estimate of drug-likeness (QED) is 0.279. The summed E-state index contributed by atoms with van der Waals surface area (Å²) in [4.78, 5) is 32.0.